The number of carbonyl (C=O) groups excluding carboxylic acids is 2. The summed E-state index contributed by atoms with van der Waals surface area (Å²) in [4.78, 5) is 33.2. The molecule has 0 radical (unpaired) electrons. The number of nitro benzene ring substituents is 1. The number of nitro groups is 1. The van der Waals surface area contributed by atoms with Gasteiger partial charge in [-0.3, -0.25) is 19.7 Å². The molecule has 7 heteroatoms. The van der Waals surface area contributed by atoms with Crippen molar-refractivity contribution in [3.05, 3.63) is 39.9 Å². The predicted molar refractivity (Wildman–Crippen MR) is 78.1 cm³/mol. The van der Waals surface area contributed by atoms with Gasteiger partial charge in [0.2, 0.25) is 0 Å². The zero-order valence-corrected chi connectivity index (χ0v) is 13.0. The minimum absolute atomic E-state index is 0.0809. The van der Waals surface area contributed by atoms with E-state index in [4.69, 9.17) is 9.47 Å². The standard InChI is InChI=1S/C15H19NO6/c1-10(17)21-13(9-14(18)22-15(2,3)4)11-5-7-12(8-6-11)16(19)20/h5-8,13H,9H2,1-4H3/t13-/m1/s1. The Labute approximate surface area is 128 Å². The molecule has 0 amide bonds. The van der Waals surface area contributed by atoms with E-state index in [1.807, 2.05) is 0 Å². The summed E-state index contributed by atoms with van der Waals surface area (Å²) >= 11 is 0. The first kappa shape index (κ1) is 17.6. The van der Waals surface area contributed by atoms with Crippen LogP contribution in [0.15, 0.2) is 24.3 Å². The van der Waals surface area contributed by atoms with Crippen LogP contribution >= 0.6 is 0 Å². The number of ether oxygens (including phenoxy) is 2. The van der Waals surface area contributed by atoms with Crippen molar-refractivity contribution in [2.24, 2.45) is 0 Å². The number of rotatable bonds is 5. The first-order chi connectivity index (χ1) is 10.1. The summed E-state index contributed by atoms with van der Waals surface area (Å²) in [6, 6.07) is 5.49. The van der Waals surface area contributed by atoms with E-state index in [2.05, 4.69) is 0 Å². The maximum atomic E-state index is 11.9. The normalized spacial score (nSPS) is 12.4. The third kappa shape index (κ3) is 5.90. The van der Waals surface area contributed by atoms with E-state index in [0.29, 0.717) is 5.56 Å². The van der Waals surface area contributed by atoms with E-state index in [9.17, 15) is 19.7 Å². The Balaban J connectivity index is 2.90. The summed E-state index contributed by atoms with van der Waals surface area (Å²) in [5.74, 6) is -1.07. The maximum absolute atomic E-state index is 11.9. The average Bonchev–Trinajstić information content (AvgIpc) is 2.35. The monoisotopic (exact) mass is 309 g/mol. The molecule has 0 aliphatic rings. The summed E-state index contributed by atoms with van der Waals surface area (Å²) in [7, 11) is 0. The van der Waals surface area contributed by atoms with Crippen molar-refractivity contribution in [2.75, 3.05) is 0 Å². The number of esters is 2. The van der Waals surface area contributed by atoms with Gasteiger partial charge in [0.1, 0.15) is 11.7 Å². The Morgan fingerprint density at radius 3 is 2.18 bits per heavy atom. The highest BCUT2D eigenvalue weighted by atomic mass is 16.6. The lowest BCUT2D eigenvalue weighted by Gasteiger charge is -2.22. The quantitative estimate of drug-likeness (QED) is 0.471. The van der Waals surface area contributed by atoms with E-state index in [1.54, 1.807) is 20.8 Å². The molecule has 0 heterocycles. The molecule has 0 unspecified atom stereocenters. The molecule has 1 atom stereocenters. The summed E-state index contributed by atoms with van der Waals surface area (Å²) in [5.41, 5.74) is -0.234. The molecule has 0 aliphatic carbocycles. The smallest absolute Gasteiger partial charge is 0.310 e. The molecule has 22 heavy (non-hydrogen) atoms. The Morgan fingerprint density at radius 1 is 1.23 bits per heavy atom. The molecule has 7 nitrogen and oxygen atoms in total. The average molecular weight is 309 g/mol. The van der Waals surface area contributed by atoms with Gasteiger partial charge in [-0.05, 0) is 38.5 Å². The Hall–Kier alpha value is -2.44. The van der Waals surface area contributed by atoms with Gasteiger partial charge in [-0.25, -0.2) is 0 Å². The van der Waals surface area contributed by atoms with Gasteiger partial charge in [-0.2, -0.15) is 0 Å². The van der Waals surface area contributed by atoms with E-state index in [-0.39, 0.29) is 12.1 Å². The van der Waals surface area contributed by atoms with Crippen molar-refractivity contribution in [1.82, 2.24) is 0 Å². The second-order valence-corrected chi connectivity index (χ2v) is 5.74. The largest absolute Gasteiger partial charge is 0.460 e. The second-order valence-electron chi connectivity index (χ2n) is 5.74. The van der Waals surface area contributed by atoms with E-state index >= 15 is 0 Å². The molecule has 0 saturated heterocycles. The molecular weight excluding hydrogens is 290 g/mol. The van der Waals surface area contributed by atoms with Crippen molar-refractivity contribution in [2.45, 2.75) is 45.8 Å². The van der Waals surface area contributed by atoms with Crippen molar-refractivity contribution in [3.63, 3.8) is 0 Å². The number of hydrogen-bond acceptors (Lipinski definition) is 6. The van der Waals surface area contributed by atoms with Gasteiger partial charge in [-0.1, -0.05) is 0 Å². The molecule has 1 rings (SSSR count). The molecular formula is C15H19NO6. The third-order valence-electron chi connectivity index (χ3n) is 2.56. The summed E-state index contributed by atoms with van der Waals surface area (Å²) in [6.45, 7) is 6.43. The Kier molecular flexibility index (Phi) is 5.62. The fraction of sp³-hybridized carbons (Fsp3) is 0.467. The van der Waals surface area contributed by atoms with Crippen LogP contribution in [-0.2, 0) is 19.1 Å². The summed E-state index contributed by atoms with van der Waals surface area (Å²) in [5, 5.41) is 10.6. The van der Waals surface area contributed by atoms with Crippen LogP contribution in [0, 0.1) is 10.1 Å². The van der Waals surface area contributed by atoms with Crippen molar-refractivity contribution >= 4 is 17.6 Å². The zero-order valence-electron chi connectivity index (χ0n) is 13.0. The SMILES string of the molecule is CC(=O)O[C@H](CC(=O)OC(C)(C)C)c1ccc([N+](=O)[O-])cc1. The van der Waals surface area contributed by atoms with Crippen LogP contribution in [0.5, 0.6) is 0 Å². The number of nitrogens with zero attached hydrogens (tertiary/aromatic N) is 1. The van der Waals surface area contributed by atoms with Gasteiger partial charge < -0.3 is 9.47 Å². The lowest BCUT2D eigenvalue weighted by molar-refractivity contribution is -0.384. The van der Waals surface area contributed by atoms with Crippen LogP contribution in [0.25, 0.3) is 0 Å². The molecule has 120 valence electrons. The van der Waals surface area contributed by atoms with Gasteiger partial charge in [0, 0.05) is 19.1 Å². The molecule has 0 saturated carbocycles. The number of hydrogen-bond donors (Lipinski definition) is 0. The summed E-state index contributed by atoms with van der Waals surface area (Å²) < 4.78 is 10.3. The van der Waals surface area contributed by atoms with Crippen molar-refractivity contribution in [1.29, 1.82) is 0 Å². The lowest BCUT2D eigenvalue weighted by Crippen LogP contribution is -2.25. The Bertz CT molecular complexity index is 558. The zero-order chi connectivity index (χ0) is 16.9. The van der Waals surface area contributed by atoms with Crippen molar-refractivity contribution in [3.8, 4) is 0 Å². The molecule has 1 aromatic rings. The van der Waals surface area contributed by atoms with Crippen LogP contribution < -0.4 is 0 Å². The molecule has 0 bridgehead atoms. The van der Waals surface area contributed by atoms with Crippen molar-refractivity contribution < 1.29 is 24.0 Å². The molecule has 0 N–H and O–H groups in total. The van der Waals surface area contributed by atoms with Gasteiger partial charge in [0.25, 0.3) is 5.69 Å². The predicted octanol–water partition coefficient (Wildman–Crippen LogP) is 2.93. The van der Waals surface area contributed by atoms with Crippen LogP contribution in [0.4, 0.5) is 5.69 Å². The van der Waals surface area contributed by atoms with E-state index in [1.165, 1.54) is 31.2 Å². The van der Waals surface area contributed by atoms with Gasteiger partial charge in [0.15, 0.2) is 0 Å². The molecule has 1 aromatic carbocycles. The highest BCUT2D eigenvalue weighted by molar-refractivity contribution is 5.72. The van der Waals surface area contributed by atoms with Gasteiger partial charge in [0.05, 0.1) is 11.3 Å². The number of non-ortho nitro benzene ring substituents is 1. The number of benzene rings is 1. The minimum atomic E-state index is -0.840. The topological polar surface area (TPSA) is 95.7 Å². The second kappa shape index (κ2) is 7.02. The van der Waals surface area contributed by atoms with Crippen LogP contribution in [0.2, 0.25) is 0 Å². The summed E-state index contributed by atoms with van der Waals surface area (Å²) in [6.07, 6.45) is -0.998. The molecule has 0 fully saturated rings. The minimum Gasteiger partial charge on any atom is -0.460 e. The van der Waals surface area contributed by atoms with E-state index < -0.39 is 28.6 Å². The van der Waals surface area contributed by atoms with Crippen LogP contribution in [0.1, 0.15) is 45.8 Å². The third-order valence-corrected chi connectivity index (χ3v) is 2.56. The lowest BCUT2D eigenvalue weighted by atomic mass is 10.1. The molecule has 0 aliphatic heterocycles. The maximum Gasteiger partial charge on any atom is 0.310 e. The van der Waals surface area contributed by atoms with Gasteiger partial charge >= 0.3 is 11.9 Å². The van der Waals surface area contributed by atoms with Crippen LogP contribution in [-0.4, -0.2) is 22.5 Å². The fourth-order valence-electron chi connectivity index (χ4n) is 1.77. The first-order valence-corrected chi connectivity index (χ1v) is 6.72. The number of carbonyl (C=O) groups is 2. The fourth-order valence-corrected chi connectivity index (χ4v) is 1.77. The molecule has 0 aromatic heterocycles. The Morgan fingerprint density at radius 2 is 1.77 bits per heavy atom. The molecule has 0 spiro atoms. The first-order valence-electron chi connectivity index (χ1n) is 6.72. The van der Waals surface area contributed by atoms with E-state index in [0.717, 1.165) is 0 Å². The highest BCUT2D eigenvalue weighted by Gasteiger charge is 2.24. The van der Waals surface area contributed by atoms with Gasteiger partial charge in [-0.15, -0.1) is 0 Å². The van der Waals surface area contributed by atoms with Crippen LogP contribution in [0.3, 0.4) is 0 Å². The highest BCUT2D eigenvalue weighted by Crippen LogP contribution is 2.25.